The first kappa shape index (κ1) is 16.2. The van der Waals surface area contributed by atoms with Crippen molar-refractivity contribution in [1.82, 2.24) is 9.88 Å². The van der Waals surface area contributed by atoms with Gasteiger partial charge in [-0.25, -0.2) is 13.4 Å². The molecule has 0 saturated carbocycles. The van der Waals surface area contributed by atoms with E-state index in [1.807, 2.05) is 6.07 Å². The number of pyridine rings is 1. The summed E-state index contributed by atoms with van der Waals surface area (Å²) in [6.45, 7) is 12.3. The fourth-order valence-electron chi connectivity index (χ4n) is 2.35. The first-order chi connectivity index (χ1) is 9.75. The summed E-state index contributed by atoms with van der Waals surface area (Å²) in [5.74, 6) is 0. The van der Waals surface area contributed by atoms with Crippen LogP contribution in [-0.2, 0) is 9.84 Å². The molecular weight excluding hydrogens is 286 g/mol. The molecule has 1 aliphatic heterocycles. The van der Waals surface area contributed by atoms with E-state index in [1.165, 1.54) is 0 Å². The van der Waals surface area contributed by atoms with Gasteiger partial charge < -0.3 is 9.80 Å². The van der Waals surface area contributed by atoms with Crippen LogP contribution in [0, 0.1) is 0 Å². The number of hydrogen-bond acceptors (Lipinski definition) is 5. The molecule has 2 heterocycles. The standard InChI is InChI=1S/C15H25N3O2S/c1-5-17-8-10-18(11-9-17)13-6-7-14(16-12-13)21(19,20)15(2,3)4/h6-7,12H,5,8-11H2,1-4H3. The summed E-state index contributed by atoms with van der Waals surface area (Å²) in [7, 11) is -3.37. The molecule has 6 heteroatoms. The molecule has 5 nitrogen and oxygen atoms in total. The van der Waals surface area contributed by atoms with E-state index >= 15 is 0 Å². The molecule has 1 saturated heterocycles. The van der Waals surface area contributed by atoms with E-state index in [9.17, 15) is 8.42 Å². The third kappa shape index (κ3) is 3.37. The van der Waals surface area contributed by atoms with Gasteiger partial charge in [-0.05, 0) is 39.4 Å². The number of likely N-dealkylation sites (N-methyl/N-ethyl adjacent to an activating group) is 1. The quantitative estimate of drug-likeness (QED) is 0.852. The summed E-state index contributed by atoms with van der Waals surface area (Å²) in [5, 5.41) is 0.158. The lowest BCUT2D eigenvalue weighted by molar-refractivity contribution is 0.271. The summed E-state index contributed by atoms with van der Waals surface area (Å²) in [6, 6.07) is 3.50. The highest BCUT2D eigenvalue weighted by atomic mass is 32.2. The molecule has 118 valence electrons. The van der Waals surface area contributed by atoms with Gasteiger partial charge in [0.1, 0.15) is 0 Å². The largest absolute Gasteiger partial charge is 0.368 e. The number of anilines is 1. The second kappa shape index (κ2) is 5.93. The van der Waals surface area contributed by atoms with Crippen molar-refractivity contribution in [2.45, 2.75) is 37.5 Å². The van der Waals surface area contributed by atoms with Gasteiger partial charge in [0.15, 0.2) is 14.9 Å². The van der Waals surface area contributed by atoms with Crippen molar-refractivity contribution in [3.05, 3.63) is 18.3 Å². The lowest BCUT2D eigenvalue weighted by Crippen LogP contribution is -2.46. The molecule has 1 fully saturated rings. The highest BCUT2D eigenvalue weighted by Gasteiger charge is 2.32. The van der Waals surface area contributed by atoms with Crippen LogP contribution in [0.15, 0.2) is 23.4 Å². The van der Waals surface area contributed by atoms with Gasteiger partial charge >= 0.3 is 0 Å². The number of sulfone groups is 1. The molecule has 0 aromatic carbocycles. The average Bonchev–Trinajstić information content (AvgIpc) is 2.46. The van der Waals surface area contributed by atoms with Crippen LogP contribution in [-0.4, -0.2) is 55.8 Å². The molecule has 0 spiro atoms. The van der Waals surface area contributed by atoms with E-state index in [0.717, 1.165) is 38.4 Å². The van der Waals surface area contributed by atoms with Crippen molar-refractivity contribution in [3.63, 3.8) is 0 Å². The van der Waals surface area contributed by atoms with Gasteiger partial charge in [-0.15, -0.1) is 0 Å². The Kier molecular flexibility index (Phi) is 4.58. The second-order valence-electron chi connectivity index (χ2n) is 6.39. The highest BCUT2D eigenvalue weighted by molar-refractivity contribution is 7.92. The van der Waals surface area contributed by atoms with E-state index in [2.05, 4.69) is 21.7 Å². The number of hydrogen-bond donors (Lipinski definition) is 0. The average molecular weight is 311 g/mol. The number of rotatable bonds is 3. The molecule has 0 atom stereocenters. The Labute approximate surface area is 127 Å². The molecule has 0 unspecified atom stereocenters. The molecule has 21 heavy (non-hydrogen) atoms. The van der Waals surface area contributed by atoms with Gasteiger partial charge in [0.25, 0.3) is 0 Å². The van der Waals surface area contributed by atoms with Gasteiger partial charge in [-0.2, -0.15) is 0 Å². The van der Waals surface area contributed by atoms with Crippen molar-refractivity contribution in [2.75, 3.05) is 37.6 Å². The maximum Gasteiger partial charge on any atom is 0.200 e. The zero-order valence-electron chi connectivity index (χ0n) is 13.3. The fraction of sp³-hybridized carbons (Fsp3) is 0.667. The molecule has 0 radical (unpaired) electrons. The van der Waals surface area contributed by atoms with Gasteiger partial charge in [0, 0.05) is 26.2 Å². The molecule has 0 N–H and O–H groups in total. The van der Waals surface area contributed by atoms with Crippen molar-refractivity contribution in [3.8, 4) is 0 Å². The van der Waals surface area contributed by atoms with E-state index in [4.69, 9.17) is 0 Å². The number of nitrogens with zero attached hydrogens (tertiary/aromatic N) is 3. The van der Waals surface area contributed by atoms with Crippen molar-refractivity contribution < 1.29 is 8.42 Å². The third-order valence-electron chi connectivity index (χ3n) is 3.99. The van der Waals surface area contributed by atoms with Crippen LogP contribution in [0.25, 0.3) is 0 Å². The summed E-state index contributed by atoms with van der Waals surface area (Å²) < 4.78 is 23.9. The fourth-order valence-corrected chi connectivity index (χ4v) is 3.42. The van der Waals surface area contributed by atoms with Crippen molar-refractivity contribution in [1.29, 1.82) is 0 Å². The maximum atomic E-state index is 12.3. The van der Waals surface area contributed by atoms with E-state index in [1.54, 1.807) is 33.0 Å². The zero-order chi connectivity index (χ0) is 15.7. The minimum atomic E-state index is -3.37. The smallest absolute Gasteiger partial charge is 0.200 e. The Morgan fingerprint density at radius 1 is 1.14 bits per heavy atom. The highest BCUT2D eigenvalue weighted by Crippen LogP contribution is 2.25. The zero-order valence-corrected chi connectivity index (χ0v) is 14.2. The van der Waals surface area contributed by atoms with Gasteiger partial charge in [-0.3, -0.25) is 0 Å². The molecular formula is C15H25N3O2S. The Morgan fingerprint density at radius 3 is 2.19 bits per heavy atom. The lowest BCUT2D eigenvalue weighted by atomic mass is 10.3. The van der Waals surface area contributed by atoms with Crippen LogP contribution >= 0.6 is 0 Å². The predicted octanol–water partition coefficient (Wildman–Crippen LogP) is 1.80. The molecule has 0 bridgehead atoms. The van der Waals surface area contributed by atoms with Crippen molar-refractivity contribution >= 4 is 15.5 Å². The molecule has 2 rings (SSSR count). The molecule has 1 aromatic rings. The van der Waals surface area contributed by atoms with Gasteiger partial charge in [0.2, 0.25) is 0 Å². The number of piperazine rings is 1. The Hall–Kier alpha value is -1.14. The normalized spacial score (nSPS) is 18.0. The summed E-state index contributed by atoms with van der Waals surface area (Å²) in [4.78, 5) is 8.85. The first-order valence-corrected chi connectivity index (χ1v) is 8.92. The topological polar surface area (TPSA) is 53.5 Å². The summed E-state index contributed by atoms with van der Waals surface area (Å²) >= 11 is 0. The van der Waals surface area contributed by atoms with Crippen LogP contribution in [0.1, 0.15) is 27.7 Å². The predicted molar refractivity (Wildman–Crippen MR) is 85.5 cm³/mol. The summed E-state index contributed by atoms with van der Waals surface area (Å²) in [5.41, 5.74) is 0.999. The lowest BCUT2D eigenvalue weighted by Gasteiger charge is -2.35. The Bertz CT molecular complexity index is 568. The van der Waals surface area contributed by atoms with Gasteiger partial charge in [-0.1, -0.05) is 6.92 Å². The maximum absolute atomic E-state index is 12.3. The molecule has 0 aliphatic carbocycles. The van der Waals surface area contributed by atoms with Crippen LogP contribution in [0.2, 0.25) is 0 Å². The second-order valence-corrected chi connectivity index (χ2v) is 9.04. The van der Waals surface area contributed by atoms with Crippen LogP contribution in [0.4, 0.5) is 5.69 Å². The van der Waals surface area contributed by atoms with Crippen LogP contribution in [0.3, 0.4) is 0 Å². The van der Waals surface area contributed by atoms with Gasteiger partial charge in [0.05, 0.1) is 16.6 Å². The van der Waals surface area contributed by atoms with Crippen LogP contribution in [0.5, 0.6) is 0 Å². The Morgan fingerprint density at radius 2 is 1.76 bits per heavy atom. The van der Waals surface area contributed by atoms with E-state index < -0.39 is 14.6 Å². The first-order valence-electron chi connectivity index (χ1n) is 7.43. The van der Waals surface area contributed by atoms with E-state index in [0.29, 0.717) is 0 Å². The SMILES string of the molecule is CCN1CCN(c2ccc(S(=O)(=O)C(C)(C)C)nc2)CC1. The Balaban J connectivity index is 2.14. The van der Waals surface area contributed by atoms with Crippen molar-refractivity contribution in [2.24, 2.45) is 0 Å². The minimum Gasteiger partial charge on any atom is -0.368 e. The minimum absolute atomic E-state index is 0.158. The number of aromatic nitrogens is 1. The van der Waals surface area contributed by atoms with E-state index in [-0.39, 0.29) is 5.03 Å². The van der Waals surface area contributed by atoms with Crippen LogP contribution < -0.4 is 4.90 Å². The monoisotopic (exact) mass is 311 g/mol. The third-order valence-corrected chi connectivity index (χ3v) is 6.39. The summed E-state index contributed by atoms with van der Waals surface area (Å²) in [6.07, 6.45) is 1.68. The molecule has 1 aliphatic rings. The molecule has 1 aromatic heterocycles. The molecule has 0 amide bonds.